The molecule has 5 nitrogen and oxygen atoms in total. The van der Waals surface area contributed by atoms with Crippen LogP contribution >= 0.6 is 0 Å². The molecule has 1 aromatic carbocycles. The maximum absolute atomic E-state index is 14.0. The molecular formula is C15H22FN3O2. The highest BCUT2D eigenvalue weighted by Gasteiger charge is 2.20. The molecule has 1 heterocycles. The molecule has 0 bridgehead atoms. The third-order valence-electron chi connectivity index (χ3n) is 4.04. The van der Waals surface area contributed by atoms with Crippen LogP contribution < -0.4 is 11.1 Å². The van der Waals surface area contributed by atoms with Crippen LogP contribution in [0.2, 0.25) is 0 Å². The molecule has 1 unspecified atom stereocenters. The van der Waals surface area contributed by atoms with Crippen molar-refractivity contribution < 1.29 is 14.3 Å². The SMILES string of the molecule is CC(NCc1ccc(/C(N)=N/O)cc1F)C1CCOCC1. The molecule has 21 heavy (non-hydrogen) atoms. The van der Waals surface area contributed by atoms with Crippen molar-refractivity contribution in [1.82, 2.24) is 5.32 Å². The average Bonchev–Trinajstić information content (AvgIpc) is 2.53. The molecule has 1 aliphatic heterocycles. The van der Waals surface area contributed by atoms with Crippen LogP contribution in [-0.4, -0.2) is 30.3 Å². The molecule has 6 heteroatoms. The predicted molar refractivity (Wildman–Crippen MR) is 78.8 cm³/mol. The summed E-state index contributed by atoms with van der Waals surface area (Å²) < 4.78 is 19.3. The maximum atomic E-state index is 14.0. The topological polar surface area (TPSA) is 79.9 Å². The van der Waals surface area contributed by atoms with Gasteiger partial charge < -0.3 is 21.0 Å². The first-order valence-electron chi connectivity index (χ1n) is 7.19. The molecule has 0 aromatic heterocycles. The largest absolute Gasteiger partial charge is 0.409 e. The Hall–Kier alpha value is -1.66. The molecule has 4 N–H and O–H groups in total. The Kier molecular flexibility index (Phi) is 5.52. The van der Waals surface area contributed by atoms with Crippen molar-refractivity contribution in [1.29, 1.82) is 0 Å². The number of rotatable bonds is 5. The van der Waals surface area contributed by atoms with Crippen LogP contribution in [0.1, 0.15) is 30.9 Å². The highest BCUT2D eigenvalue weighted by molar-refractivity contribution is 5.97. The molecule has 1 aliphatic rings. The Morgan fingerprint density at radius 2 is 2.24 bits per heavy atom. The van der Waals surface area contributed by atoms with Crippen molar-refractivity contribution in [3.05, 3.63) is 35.1 Å². The molecule has 0 saturated carbocycles. The zero-order valence-electron chi connectivity index (χ0n) is 12.2. The Morgan fingerprint density at radius 1 is 1.52 bits per heavy atom. The van der Waals surface area contributed by atoms with Crippen LogP contribution in [0.3, 0.4) is 0 Å². The third-order valence-corrected chi connectivity index (χ3v) is 4.04. The quantitative estimate of drug-likeness (QED) is 0.335. The van der Waals surface area contributed by atoms with E-state index < -0.39 is 0 Å². The minimum Gasteiger partial charge on any atom is -0.409 e. The van der Waals surface area contributed by atoms with Gasteiger partial charge in [-0.3, -0.25) is 0 Å². The van der Waals surface area contributed by atoms with Crippen LogP contribution in [0.25, 0.3) is 0 Å². The van der Waals surface area contributed by atoms with Crippen LogP contribution in [0.15, 0.2) is 23.4 Å². The van der Waals surface area contributed by atoms with Crippen LogP contribution in [0.4, 0.5) is 4.39 Å². The summed E-state index contributed by atoms with van der Waals surface area (Å²) in [7, 11) is 0. The number of amidine groups is 1. The van der Waals surface area contributed by atoms with E-state index in [4.69, 9.17) is 15.7 Å². The van der Waals surface area contributed by atoms with E-state index >= 15 is 0 Å². The number of oxime groups is 1. The molecule has 0 radical (unpaired) electrons. The zero-order valence-corrected chi connectivity index (χ0v) is 12.2. The van der Waals surface area contributed by atoms with Gasteiger partial charge in [-0.15, -0.1) is 0 Å². The van der Waals surface area contributed by atoms with Gasteiger partial charge in [0, 0.05) is 36.9 Å². The fraction of sp³-hybridized carbons (Fsp3) is 0.533. The summed E-state index contributed by atoms with van der Waals surface area (Å²) in [6.45, 7) is 4.19. The second-order valence-corrected chi connectivity index (χ2v) is 5.41. The number of ether oxygens (including phenoxy) is 1. The van der Waals surface area contributed by atoms with E-state index in [0.717, 1.165) is 26.1 Å². The molecular weight excluding hydrogens is 273 g/mol. The summed E-state index contributed by atoms with van der Waals surface area (Å²) in [4.78, 5) is 0. The summed E-state index contributed by atoms with van der Waals surface area (Å²) in [6.07, 6.45) is 2.08. The van der Waals surface area contributed by atoms with Crippen molar-refractivity contribution >= 4 is 5.84 Å². The minimum absolute atomic E-state index is 0.0935. The monoisotopic (exact) mass is 295 g/mol. The fourth-order valence-corrected chi connectivity index (χ4v) is 2.56. The maximum Gasteiger partial charge on any atom is 0.170 e. The number of nitrogens with two attached hydrogens (primary N) is 1. The number of halogens is 1. The van der Waals surface area contributed by atoms with E-state index in [1.807, 2.05) is 0 Å². The second kappa shape index (κ2) is 7.38. The van der Waals surface area contributed by atoms with Crippen molar-refractivity contribution in [3.63, 3.8) is 0 Å². The summed E-state index contributed by atoms with van der Waals surface area (Å²) in [5.41, 5.74) is 6.38. The van der Waals surface area contributed by atoms with Crippen molar-refractivity contribution in [2.45, 2.75) is 32.4 Å². The number of benzene rings is 1. The Balaban J connectivity index is 1.93. The van der Waals surface area contributed by atoms with Crippen molar-refractivity contribution in [2.75, 3.05) is 13.2 Å². The molecule has 1 fully saturated rings. The van der Waals surface area contributed by atoms with Gasteiger partial charge in [0.15, 0.2) is 5.84 Å². The Labute approximate surface area is 124 Å². The van der Waals surface area contributed by atoms with Crippen LogP contribution in [0.5, 0.6) is 0 Å². The number of nitrogens with one attached hydrogen (secondary N) is 1. The molecule has 2 rings (SSSR count). The normalized spacial score (nSPS) is 18.7. The Morgan fingerprint density at radius 3 is 2.86 bits per heavy atom. The van der Waals surface area contributed by atoms with Crippen LogP contribution in [-0.2, 0) is 11.3 Å². The average molecular weight is 295 g/mol. The lowest BCUT2D eigenvalue weighted by Gasteiger charge is -2.28. The van der Waals surface area contributed by atoms with Gasteiger partial charge in [0.05, 0.1) is 0 Å². The summed E-state index contributed by atoms with van der Waals surface area (Å²) in [5, 5.41) is 14.8. The number of nitrogens with zero attached hydrogens (tertiary/aromatic N) is 1. The molecule has 0 amide bonds. The van der Waals surface area contributed by atoms with E-state index in [1.165, 1.54) is 6.07 Å². The first kappa shape index (κ1) is 15.7. The Bertz CT molecular complexity index is 502. The molecule has 1 atom stereocenters. The third kappa shape index (κ3) is 4.15. The van der Waals surface area contributed by atoms with Gasteiger partial charge >= 0.3 is 0 Å². The van der Waals surface area contributed by atoms with Gasteiger partial charge in [0.25, 0.3) is 0 Å². The minimum atomic E-state index is -0.356. The molecule has 1 aromatic rings. The van der Waals surface area contributed by atoms with Gasteiger partial charge in [-0.1, -0.05) is 17.3 Å². The number of hydrogen-bond acceptors (Lipinski definition) is 4. The molecule has 116 valence electrons. The van der Waals surface area contributed by atoms with Gasteiger partial charge in [0.1, 0.15) is 5.82 Å². The van der Waals surface area contributed by atoms with Gasteiger partial charge in [-0.25, -0.2) is 4.39 Å². The van der Waals surface area contributed by atoms with E-state index in [2.05, 4.69) is 17.4 Å². The van der Waals surface area contributed by atoms with E-state index in [0.29, 0.717) is 29.6 Å². The van der Waals surface area contributed by atoms with Gasteiger partial charge in [0.2, 0.25) is 0 Å². The lowest BCUT2D eigenvalue weighted by Crippen LogP contribution is -2.36. The highest BCUT2D eigenvalue weighted by atomic mass is 19.1. The lowest BCUT2D eigenvalue weighted by molar-refractivity contribution is 0.0557. The summed E-state index contributed by atoms with van der Waals surface area (Å²) in [6, 6.07) is 4.91. The highest BCUT2D eigenvalue weighted by Crippen LogP contribution is 2.19. The van der Waals surface area contributed by atoms with E-state index in [-0.39, 0.29) is 11.7 Å². The van der Waals surface area contributed by atoms with Crippen LogP contribution in [0, 0.1) is 11.7 Å². The van der Waals surface area contributed by atoms with E-state index in [9.17, 15) is 4.39 Å². The second-order valence-electron chi connectivity index (χ2n) is 5.41. The fourth-order valence-electron chi connectivity index (χ4n) is 2.56. The predicted octanol–water partition coefficient (Wildman–Crippen LogP) is 1.82. The first-order valence-corrected chi connectivity index (χ1v) is 7.19. The smallest absolute Gasteiger partial charge is 0.170 e. The first-order chi connectivity index (χ1) is 10.1. The summed E-state index contributed by atoms with van der Waals surface area (Å²) in [5.74, 6) is 0.119. The van der Waals surface area contributed by atoms with Crippen molar-refractivity contribution in [3.8, 4) is 0 Å². The van der Waals surface area contributed by atoms with Crippen molar-refractivity contribution in [2.24, 2.45) is 16.8 Å². The lowest BCUT2D eigenvalue weighted by atomic mass is 9.93. The van der Waals surface area contributed by atoms with Gasteiger partial charge in [-0.2, -0.15) is 0 Å². The van der Waals surface area contributed by atoms with Gasteiger partial charge in [-0.05, 0) is 31.7 Å². The summed E-state index contributed by atoms with van der Waals surface area (Å²) >= 11 is 0. The van der Waals surface area contributed by atoms with E-state index in [1.54, 1.807) is 12.1 Å². The zero-order chi connectivity index (χ0) is 15.2. The number of hydrogen-bond donors (Lipinski definition) is 3. The molecule has 1 saturated heterocycles. The molecule has 0 aliphatic carbocycles. The molecule has 0 spiro atoms. The standard InChI is InChI=1S/C15H22FN3O2/c1-10(11-4-6-21-7-5-11)18-9-13-3-2-12(8-14(13)16)15(17)19-20/h2-3,8,10-11,18,20H,4-7,9H2,1H3,(H2,17,19).